The van der Waals surface area contributed by atoms with E-state index in [4.69, 9.17) is 4.74 Å². The lowest BCUT2D eigenvalue weighted by molar-refractivity contribution is -0.131. The number of amides is 1. The fraction of sp³-hybridized carbons (Fsp3) is 0.348. The Kier molecular flexibility index (Phi) is 5.70. The largest absolute Gasteiger partial charge is 0.497 e. The standard InChI is InChI=1S/C23H26N4O3/c1-25-21(24-20-9-4-3-8-19(20)23(25)29)10-11-22(28)27-14-12-26(13-15-27)17-6-5-7-18(16-17)30-2/h3-9,16H,10-15H2,1-2H3. The van der Waals surface area contributed by atoms with E-state index < -0.39 is 0 Å². The average Bonchev–Trinajstić information content (AvgIpc) is 2.80. The Bertz CT molecular complexity index is 1120. The van der Waals surface area contributed by atoms with Crippen LogP contribution in [0.25, 0.3) is 10.9 Å². The van der Waals surface area contributed by atoms with Crippen molar-refractivity contribution in [3.63, 3.8) is 0 Å². The van der Waals surface area contributed by atoms with Crippen LogP contribution >= 0.6 is 0 Å². The molecule has 0 radical (unpaired) electrons. The molecule has 1 aliphatic rings. The molecule has 1 fully saturated rings. The molecule has 0 bridgehead atoms. The van der Waals surface area contributed by atoms with Gasteiger partial charge >= 0.3 is 0 Å². The monoisotopic (exact) mass is 406 g/mol. The predicted octanol–water partition coefficient (Wildman–Crippen LogP) is 2.22. The number of piperazine rings is 1. The van der Waals surface area contributed by atoms with Gasteiger partial charge in [0, 0.05) is 57.8 Å². The van der Waals surface area contributed by atoms with E-state index in [1.54, 1.807) is 24.8 Å². The quantitative estimate of drug-likeness (QED) is 0.650. The Balaban J connectivity index is 1.37. The highest BCUT2D eigenvalue weighted by Crippen LogP contribution is 2.22. The van der Waals surface area contributed by atoms with E-state index in [-0.39, 0.29) is 11.5 Å². The summed E-state index contributed by atoms with van der Waals surface area (Å²) in [5.41, 5.74) is 1.71. The molecule has 7 nitrogen and oxygen atoms in total. The zero-order valence-corrected chi connectivity index (χ0v) is 17.4. The lowest BCUT2D eigenvalue weighted by Crippen LogP contribution is -2.48. The van der Waals surface area contributed by atoms with Gasteiger partial charge in [0.05, 0.1) is 18.0 Å². The Morgan fingerprint density at radius 2 is 1.83 bits per heavy atom. The molecule has 2 aromatic carbocycles. The number of benzene rings is 2. The molecular formula is C23H26N4O3. The summed E-state index contributed by atoms with van der Waals surface area (Å²) in [5, 5.41) is 0.601. The number of nitrogens with zero attached hydrogens (tertiary/aromatic N) is 4. The van der Waals surface area contributed by atoms with Crippen LogP contribution in [0.5, 0.6) is 5.75 Å². The molecule has 30 heavy (non-hydrogen) atoms. The molecule has 0 N–H and O–H groups in total. The van der Waals surface area contributed by atoms with Gasteiger partial charge in [0.1, 0.15) is 11.6 Å². The number of aromatic nitrogens is 2. The zero-order chi connectivity index (χ0) is 21.1. The van der Waals surface area contributed by atoms with Gasteiger partial charge in [-0.15, -0.1) is 0 Å². The molecule has 1 amide bonds. The van der Waals surface area contributed by atoms with E-state index in [1.165, 1.54) is 0 Å². The predicted molar refractivity (Wildman–Crippen MR) is 117 cm³/mol. The first kappa shape index (κ1) is 19.9. The fourth-order valence-corrected chi connectivity index (χ4v) is 3.89. The number of fused-ring (bicyclic) bond motifs is 1. The molecule has 4 rings (SSSR count). The molecular weight excluding hydrogens is 380 g/mol. The molecule has 0 unspecified atom stereocenters. The third kappa shape index (κ3) is 4.01. The van der Waals surface area contributed by atoms with Gasteiger partial charge in [0.2, 0.25) is 5.91 Å². The van der Waals surface area contributed by atoms with Crippen molar-refractivity contribution in [2.45, 2.75) is 12.8 Å². The van der Waals surface area contributed by atoms with Gasteiger partial charge in [-0.3, -0.25) is 14.2 Å². The lowest BCUT2D eigenvalue weighted by atomic mass is 10.2. The van der Waals surface area contributed by atoms with Crippen LogP contribution in [-0.4, -0.2) is 53.6 Å². The Hall–Kier alpha value is -3.35. The molecule has 1 aliphatic heterocycles. The van der Waals surface area contributed by atoms with E-state index in [9.17, 15) is 9.59 Å². The molecule has 0 aliphatic carbocycles. The Labute approximate surface area is 175 Å². The topological polar surface area (TPSA) is 67.7 Å². The number of carbonyl (C=O) groups is 1. The van der Waals surface area contributed by atoms with Gasteiger partial charge in [0.15, 0.2) is 0 Å². The van der Waals surface area contributed by atoms with Gasteiger partial charge in [-0.1, -0.05) is 18.2 Å². The number of methoxy groups -OCH3 is 1. The van der Waals surface area contributed by atoms with Crippen LogP contribution in [0, 0.1) is 0 Å². The Morgan fingerprint density at radius 3 is 2.60 bits per heavy atom. The van der Waals surface area contributed by atoms with Crippen molar-refractivity contribution < 1.29 is 9.53 Å². The highest BCUT2D eigenvalue weighted by Gasteiger charge is 2.22. The summed E-state index contributed by atoms with van der Waals surface area (Å²) < 4.78 is 6.85. The summed E-state index contributed by atoms with van der Waals surface area (Å²) >= 11 is 0. The molecule has 1 aromatic heterocycles. The van der Waals surface area contributed by atoms with Crippen molar-refractivity contribution in [1.29, 1.82) is 0 Å². The summed E-state index contributed by atoms with van der Waals surface area (Å²) in [6.07, 6.45) is 0.795. The van der Waals surface area contributed by atoms with Crippen LogP contribution in [0.4, 0.5) is 5.69 Å². The normalized spacial score (nSPS) is 14.2. The summed E-state index contributed by atoms with van der Waals surface area (Å²) in [7, 11) is 3.38. The maximum absolute atomic E-state index is 12.7. The number of carbonyl (C=O) groups excluding carboxylic acids is 1. The summed E-state index contributed by atoms with van der Waals surface area (Å²) in [6, 6.07) is 15.3. The average molecular weight is 406 g/mol. The van der Waals surface area contributed by atoms with Gasteiger partial charge in [0.25, 0.3) is 5.56 Å². The summed E-state index contributed by atoms with van der Waals surface area (Å²) in [6.45, 7) is 2.93. The third-order valence-corrected chi connectivity index (χ3v) is 5.69. The minimum atomic E-state index is -0.0741. The maximum Gasteiger partial charge on any atom is 0.261 e. The second kappa shape index (κ2) is 8.57. The number of hydrogen-bond donors (Lipinski definition) is 0. The molecule has 7 heteroatoms. The van der Waals surface area contributed by atoms with Crippen LogP contribution in [-0.2, 0) is 18.3 Å². The van der Waals surface area contributed by atoms with Crippen LogP contribution in [0.3, 0.4) is 0 Å². The molecule has 1 saturated heterocycles. The molecule has 156 valence electrons. The molecule has 2 heterocycles. The van der Waals surface area contributed by atoms with Crippen molar-refractivity contribution in [3.8, 4) is 5.75 Å². The zero-order valence-electron chi connectivity index (χ0n) is 17.4. The van der Waals surface area contributed by atoms with E-state index in [0.29, 0.717) is 42.7 Å². The molecule has 0 saturated carbocycles. The van der Waals surface area contributed by atoms with Crippen LogP contribution in [0.1, 0.15) is 12.2 Å². The highest BCUT2D eigenvalue weighted by molar-refractivity contribution is 5.78. The number of ether oxygens (including phenoxy) is 1. The molecule has 0 spiro atoms. The van der Waals surface area contributed by atoms with Crippen LogP contribution in [0.15, 0.2) is 53.3 Å². The van der Waals surface area contributed by atoms with Crippen molar-refractivity contribution in [3.05, 3.63) is 64.7 Å². The van der Waals surface area contributed by atoms with Gasteiger partial charge in [-0.2, -0.15) is 0 Å². The first-order chi connectivity index (χ1) is 14.6. The lowest BCUT2D eigenvalue weighted by Gasteiger charge is -2.36. The van der Waals surface area contributed by atoms with Crippen molar-refractivity contribution >= 4 is 22.5 Å². The second-order valence-corrected chi connectivity index (χ2v) is 7.48. The minimum absolute atomic E-state index is 0.0741. The third-order valence-electron chi connectivity index (χ3n) is 5.69. The maximum atomic E-state index is 12.7. The van der Waals surface area contributed by atoms with E-state index in [0.717, 1.165) is 24.5 Å². The van der Waals surface area contributed by atoms with Gasteiger partial charge < -0.3 is 14.5 Å². The summed E-state index contributed by atoms with van der Waals surface area (Å²) in [5.74, 6) is 1.57. The van der Waals surface area contributed by atoms with E-state index in [1.807, 2.05) is 41.3 Å². The van der Waals surface area contributed by atoms with Crippen LogP contribution < -0.4 is 15.2 Å². The number of rotatable bonds is 5. The second-order valence-electron chi connectivity index (χ2n) is 7.48. The number of para-hydroxylation sites is 1. The molecule has 0 atom stereocenters. The van der Waals surface area contributed by atoms with Crippen molar-refractivity contribution in [2.75, 3.05) is 38.2 Å². The molecule has 3 aromatic rings. The van der Waals surface area contributed by atoms with Crippen molar-refractivity contribution in [2.24, 2.45) is 7.05 Å². The van der Waals surface area contributed by atoms with Gasteiger partial charge in [-0.05, 0) is 24.3 Å². The smallest absolute Gasteiger partial charge is 0.261 e. The van der Waals surface area contributed by atoms with E-state index in [2.05, 4.69) is 16.0 Å². The summed E-state index contributed by atoms with van der Waals surface area (Å²) in [4.78, 5) is 34.0. The number of anilines is 1. The number of hydrogen-bond acceptors (Lipinski definition) is 5. The minimum Gasteiger partial charge on any atom is -0.497 e. The fourth-order valence-electron chi connectivity index (χ4n) is 3.89. The van der Waals surface area contributed by atoms with Crippen molar-refractivity contribution in [1.82, 2.24) is 14.5 Å². The van der Waals surface area contributed by atoms with Gasteiger partial charge in [-0.25, -0.2) is 4.98 Å². The SMILES string of the molecule is COc1cccc(N2CCN(C(=O)CCc3nc4ccccc4c(=O)n3C)CC2)c1. The number of aryl methyl sites for hydroxylation is 1. The highest BCUT2D eigenvalue weighted by atomic mass is 16.5. The Morgan fingerprint density at radius 1 is 1.07 bits per heavy atom. The first-order valence-electron chi connectivity index (χ1n) is 10.2. The van der Waals surface area contributed by atoms with Crippen LogP contribution in [0.2, 0.25) is 0 Å². The van der Waals surface area contributed by atoms with E-state index >= 15 is 0 Å². The first-order valence-corrected chi connectivity index (χ1v) is 10.2.